The third kappa shape index (κ3) is 3.89. The Labute approximate surface area is 113 Å². The Morgan fingerprint density at radius 1 is 1.21 bits per heavy atom. The van der Waals surface area contributed by atoms with Gasteiger partial charge in [-0.05, 0) is 25.5 Å². The van der Waals surface area contributed by atoms with Crippen molar-refractivity contribution in [3.05, 3.63) is 29.8 Å². The summed E-state index contributed by atoms with van der Waals surface area (Å²) in [5.41, 5.74) is 0.423. The van der Waals surface area contributed by atoms with Crippen molar-refractivity contribution in [2.75, 3.05) is 0 Å². The van der Waals surface area contributed by atoms with E-state index in [0.29, 0.717) is 12.0 Å². The van der Waals surface area contributed by atoms with Crippen LogP contribution in [0.5, 0.6) is 0 Å². The van der Waals surface area contributed by atoms with Gasteiger partial charge in [0.15, 0.2) is 5.78 Å². The minimum atomic E-state index is -3.87. The first-order valence-electron chi connectivity index (χ1n) is 5.95. The van der Waals surface area contributed by atoms with Gasteiger partial charge in [-0.2, -0.15) is 0 Å². The Morgan fingerprint density at radius 3 is 2.16 bits per heavy atom. The van der Waals surface area contributed by atoms with Crippen molar-refractivity contribution in [1.29, 1.82) is 0 Å². The first-order valence-corrected chi connectivity index (χ1v) is 7.44. The standard InChI is InChI=1S/C13H17NO4S/c1-4-9(2)13(16)14-19(17,18)12-7-5-11(6-8-12)10(3)15/h5-9H,4H2,1-3H3,(H,14,16). The first kappa shape index (κ1) is 15.4. The maximum Gasteiger partial charge on any atom is 0.264 e. The fraction of sp³-hybridized carbons (Fsp3) is 0.385. The van der Waals surface area contributed by atoms with Gasteiger partial charge in [-0.3, -0.25) is 9.59 Å². The van der Waals surface area contributed by atoms with Crippen LogP contribution in [0.15, 0.2) is 29.2 Å². The summed E-state index contributed by atoms with van der Waals surface area (Å²) in [6.07, 6.45) is 0.560. The largest absolute Gasteiger partial charge is 0.295 e. The second kappa shape index (κ2) is 5.97. The molecule has 0 aliphatic rings. The molecule has 1 amide bonds. The van der Waals surface area contributed by atoms with E-state index < -0.39 is 15.9 Å². The van der Waals surface area contributed by atoms with Gasteiger partial charge in [0.2, 0.25) is 5.91 Å². The molecule has 0 aliphatic heterocycles. The number of ketones is 1. The average molecular weight is 283 g/mol. The summed E-state index contributed by atoms with van der Waals surface area (Å²) in [6, 6.07) is 5.46. The first-order chi connectivity index (χ1) is 8.77. The molecule has 104 valence electrons. The molecule has 1 aromatic carbocycles. The van der Waals surface area contributed by atoms with Gasteiger partial charge in [0.05, 0.1) is 4.90 Å². The maximum absolute atomic E-state index is 11.9. The van der Waals surface area contributed by atoms with E-state index in [1.165, 1.54) is 31.2 Å². The number of nitrogens with one attached hydrogen (secondary N) is 1. The molecule has 0 saturated heterocycles. The van der Waals surface area contributed by atoms with Crippen LogP contribution in [-0.4, -0.2) is 20.1 Å². The number of carbonyl (C=O) groups is 2. The highest BCUT2D eigenvalue weighted by Gasteiger charge is 2.20. The second-order valence-corrected chi connectivity index (χ2v) is 6.04. The highest BCUT2D eigenvalue weighted by molar-refractivity contribution is 7.90. The van der Waals surface area contributed by atoms with Crippen LogP contribution in [0.1, 0.15) is 37.6 Å². The van der Waals surface area contributed by atoms with E-state index >= 15 is 0 Å². The molecule has 0 spiro atoms. The SMILES string of the molecule is CCC(C)C(=O)NS(=O)(=O)c1ccc(C(C)=O)cc1. The van der Waals surface area contributed by atoms with Crippen LogP contribution in [-0.2, 0) is 14.8 Å². The van der Waals surface area contributed by atoms with Gasteiger partial charge in [-0.25, -0.2) is 13.1 Å². The van der Waals surface area contributed by atoms with E-state index in [4.69, 9.17) is 0 Å². The van der Waals surface area contributed by atoms with Gasteiger partial charge in [-0.15, -0.1) is 0 Å². The zero-order chi connectivity index (χ0) is 14.6. The smallest absolute Gasteiger partial charge is 0.264 e. The molecular formula is C13H17NO4S. The Hall–Kier alpha value is -1.69. The zero-order valence-electron chi connectivity index (χ0n) is 11.1. The molecule has 1 atom stereocenters. The quantitative estimate of drug-likeness (QED) is 0.835. The van der Waals surface area contributed by atoms with Crippen LogP contribution in [0, 0.1) is 5.92 Å². The van der Waals surface area contributed by atoms with E-state index in [2.05, 4.69) is 0 Å². The molecule has 0 saturated carbocycles. The number of Topliss-reactive ketones (excluding diaryl/α,β-unsaturated/α-hetero) is 1. The van der Waals surface area contributed by atoms with Crippen molar-refractivity contribution in [1.82, 2.24) is 4.72 Å². The number of carbonyl (C=O) groups excluding carboxylic acids is 2. The number of hydrogen-bond donors (Lipinski definition) is 1. The Bertz CT molecular complexity index is 575. The van der Waals surface area contributed by atoms with E-state index in [9.17, 15) is 18.0 Å². The summed E-state index contributed by atoms with van der Waals surface area (Å²) in [4.78, 5) is 22.7. The second-order valence-electron chi connectivity index (χ2n) is 4.36. The van der Waals surface area contributed by atoms with Gasteiger partial charge < -0.3 is 0 Å². The molecule has 1 unspecified atom stereocenters. The van der Waals surface area contributed by atoms with Gasteiger partial charge in [0.1, 0.15) is 0 Å². The van der Waals surface area contributed by atoms with Crippen molar-refractivity contribution in [2.45, 2.75) is 32.1 Å². The molecule has 0 heterocycles. The van der Waals surface area contributed by atoms with E-state index in [1.807, 2.05) is 4.72 Å². The molecule has 1 aromatic rings. The maximum atomic E-state index is 11.9. The highest BCUT2D eigenvalue weighted by Crippen LogP contribution is 2.12. The summed E-state index contributed by atoms with van der Waals surface area (Å²) in [5.74, 6) is -1.04. The van der Waals surface area contributed by atoms with E-state index in [1.54, 1.807) is 13.8 Å². The topological polar surface area (TPSA) is 80.3 Å². The minimum Gasteiger partial charge on any atom is -0.295 e. The molecule has 0 bridgehead atoms. The lowest BCUT2D eigenvalue weighted by Gasteiger charge is -2.10. The van der Waals surface area contributed by atoms with Crippen LogP contribution in [0.25, 0.3) is 0 Å². The average Bonchev–Trinajstić information content (AvgIpc) is 2.37. The van der Waals surface area contributed by atoms with Crippen LogP contribution >= 0.6 is 0 Å². The van der Waals surface area contributed by atoms with E-state index in [0.717, 1.165) is 0 Å². The molecule has 6 heteroatoms. The predicted octanol–water partition coefficient (Wildman–Crippen LogP) is 1.74. The van der Waals surface area contributed by atoms with E-state index in [-0.39, 0.29) is 16.6 Å². The van der Waals surface area contributed by atoms with Gasteiger partial charge in [0.25, 0.3) is 10.0 Å². The zero-order valence-corrected chi connectivity index (χ0v) is 12.0. The fourth-order valence-electron chi connectivity index (χ4n) is 1.35. The third-order valence-corrected chi connectivity index (χ3v) is 4.23. The summed E-state index contributed by atoms with van der Waals surface area (Å²) in [6.45, 7) is 4.86. The molecule has 5 nitrogen and oxygen atoms in total. The normalized spacial score (nSPS) is 12.8. The summed E-state index contributed by atoms with van der Waals surface area (Å²) >= 11 is 0. The third-order valence-electron chi connectivity index (χ3n) is 2.87. The molecule has 0 aromatic heterocycles. The van der Waals surface area contributed by atoms with Gasteiger partial charge in [-0.1, -0.05) is 26.0 Å². The van der Waals surface area contributed by atoms with Crippen molar-refractivity contribution in [3.8, 4) is 0 Å². The van der Waals surface area contributed by atoms with Crippen LogP contribution in [0.4, 0.5) is 0 Å². The monoisotopic (exact) mass is 283 g/mol. The lowest BCUT2D eigenvalue weighted by Crippen LogP contribution is -2.34. The van der Waals surface area contributed by atoms with Crippen molar-refractivity contribution in [2.24, 2.45) is 5.92 Å². The summed E-state index contributed by atoms with van der Waals surface area (Å²) in [7, 11) is -3.87. The van der Waals surface area contributed by atoms with Crippen molar-refractivity contribution >= 4 is 21.7 Å². The molecule has 1 rings (SSSR count). The lowest BCUT2D eigenvalue weighted by molar-refractivity contribution is -0.122. The Morgan fingerprint density at radius 2 is 1.74 bits per heavy atom. The minimum absolute atomic E-state index is 0.0332. The molecule has 1 N–H and O–H groups in total. The number of amides is 1. The van der Waals surface area contributed by atoms with Crippen molar-refractivity contribution in [3.63, 3.8) is 0 Å². The molecule has 0 radical (unpaired) electrons. The number of rotatable bonds is 5. The van der Waals surface area contributed by atoms with Crippen LogP contribution < -0.4 is 4.72 Å². The van der Waals surface area contributed by atoms with Crippen LogP contribution in [0.2, 0.25) is 0 Å². The summed E-state index contributed by atoms with van der Waals surface area (Å²) in [5, 5.41) is 0. The molecule has 0 fully saturated rings. The number of hydrogen-bond acceptors (Lipinski definition) is 4. The van der Waals surface area contributed by atoms with Crippen molar-refractivity contribution < 1.29 is 18.0 Å². The molecular weight excluding hydrogens is 266 g/mol. The number of sulfonamides is 1. The Balaban J connectivity index is 2.95. The Kier molecular flexibility index (Phi) is 4.83. The summed E-state index contributed by atoms with van der Waals surface area (Å²) < 4.78 is 25.9. The highest BCUT2D eigenvalue weighted by atomic mass is 32.2. The number of benzene rings is 1. The molecule has 0 aliphatic carbocycles. The predicted molar refractivity (Wildman–Crippen MR) is 71.2 cm³/mol. The van der Waals surface area contributed by atoms with Gasteiger partial charge >= 0.3 is 0 Å². The van der Waals surface area contributed by atoms with Crippen LogP contribution in [0.3, 0.4) is 0 Å². The fourth-order valence-corrected chi connectivity index (χ4v) is 2.42. The molecule has 19 heavy (non-hydrogen) atoms. The van der Waals surface area contributed by atoms with Gasteiger partial charge in [0, 0.05) is 11.5 Å². The lowest BCUT2D eigenvalue weighted by atomic mass is 10.1.